The summed E-state index contributed by atoms with van der Waals surface area (Å²) in [6.45, 7) is 11.8. The van der Waals surface area contributed by atoms with Crippen molar-refractivity contribution in [3.63, 3.8) is 0 Å². The van der Waals surface area contributed by atoms with Gasteiger partial charge in [0.25, 0.3) is 0 Å². The van der Waals surface area contributed by atoms with E-state index in [0.29, 0.717) is 5.13 Å². The van der Waals surface area contributed by atoms with Crippen molar-refractivity contribution in [2.45, 2.75) is 64.9 Å². The quantitative estimate of drug-likeness (QED) is 0.596. The smallest absolute Gasteiger partial charge is 0.414 e. The van der Waals surface area contributed by atoms with Gasteiger partial charge in [-0.2, -0.15) is 0 Å². The molecule has 0 spiro atoms. The molecule has 27 heavy (non-hydrogen) atoms. The first-order valence-electron chi connectivity index (χ1n) is 9.06. The Hall–Kier alpha value is -1.60. The Balaban J connectivity index is 0.000000271. The third-order valence-electron chi connectivity index (χ3n) is 3.57. The Morgan fingerprint density at radius 1 is 1.26 bits per heavy atom. The number of ether oxygens (including phenoxy) is 1. The number of nitrogens with zero attached hydrogens (tertiary/aromatic N) is 2. The Bertz CT molecular complexity index is 694. The maximum absolute atomic E-state index is 11.2. The first-order valence-corrected chi connectivity index (χ1v) is 11.1. The van der Waals surface area contributed by atoms with Gasteiger partial charge in [0.05, 0.1) is 0 Å². The van der Waals surface area contributed by atoms with Crippen LogP contribution in [0, 0.1) is 12.8 Å². The summed E-state index contributed by atoms with van der Waals surface area (Å²) in [5.41, 5.74) is 0.969. The van der Waals surface area contributed by atoms with Crippen LogP contribution in [0.4, 0.5) is 9.93 Å². The topological polar surface area (TPSA) is 64.1 Å². The molecule has 150 valence electrons. The molecular formula is C20H31N3O2S2. The highest BCUT2D eigenvalue weighted by Crippen LogP contribution is 2.18. The zero-order chi connectivity index (χ0) is 20.4. The average molecular weight is 410 g/mol. The highest BCUT2D eigenvalue weighted by molar-refractivity contribution is 7.98. The second-order valence-corrected chi connectivity index (χ2v) is 9.38. The maximum atomic E-state index is 11.2. The van der Waals surface area contributed by atoms with Crippen molar-refractivity contribution in [1.82, 2.24) is 10.2 Å². The lowest BCUT2D eigenvalue weighted by atomic mass is 9.99. The van der Waals surface area contributed by atoms with E-state index in [1.165, 1.54) is 34.6 Å². The number of aryl methyl sites for hydroxylation is 1. The van der Waals surface area contributed by atoms with Gasteiger partial charge in [-0.15, -0.1) is 22.0 Å². The number of nitrogens with one attached hydrogen (secondary N) is 1. The van der Waals surface area contributed by atoms with Crippen molar-refractivity contribution in [3.8, 4) is 0 Å². The third kappa shape index (κ3) is 10.3. The molecule has 1 N–H and O–H groups in total. The molecule has 1 aromatic heterocycles. The van der Waals surface area contributed by atoms with E-state index in [1.54, 1.807) is 32.5 Å². The molecule has 0 bridgehead atoms. The van der Waals surface area contributed by atoms with E-state index in [0.717, 1.165) is 10.9 Å². The number of amides is 1. The predicted octanol–water partition coefficient (Wildman–Crippen LogP) is 6.19. The van der Waals surface area contributed by atoms with Crippen molar-refractivity contribution >= 4 is 34.3 Å². The zero-order valence-corrected chi connectivity index (χ0v) is 19.0. The minimum atomic E-state index is -0.506. The number of benzene rings is 1. The molecule has 5 nitrogen and oxygen atoms in total. The normalized spacial score (nSPS) is 12.0. The van der Waals surface area contributed by atoms with Crippen LogP contribution in [0.15, 0.2) is 29.2 Å². The highest BCUT2D eigenvalue weighted by atomic mass is 32.2. The number of anilines is 1. The monoisotopic (exact) mass is 409 g/mol. The van der Waals surface area contributed by atoms with E-state index in [-0.39, 0.29) is 0 Å². The zero-order valence-electron chi connectivity index (χ0n) is 17.3. The number of carbonyl (C=O) groups is 1. The SMILES string of the molecule is CCC(C)Cc1ccc(SC)cc1.Cc1nnc(NC(=O)OC(C)(C)C)s1. The van der Waals surface area contributed by atoms with Gasteiger partial charge in [-0.25, -0.2) is 4.79 Å². The molecule has 0 saturated carbocycles. The van der Waals surface area contributed by atoms with Crippen LogP contribution >= 0.6 is 23.1 Å². The summed E-state index contributed by atoms with van der Waals surface area (Å²) >= 11 is 3.11. The maximum Gasteiger partial charge on any atom is 0.414 e. The van der Waals surface area contributed by atoms with E-state index >= 15 is 0 Å². The molecule has 0 aliphatic carbocycles. The number of hydrogen-bond donors (Lipinski definition) is 1. The molecule has 0 saturated heterocycles. The number of thioether (sulfide) groups is 1. The number of hydrogen-bond acceptors (Lipinski definition) is 6. The van der Waals surface area contributed by atoms with Crippen LogP contribution in [0.2, 0.25) is 0 Å². The minimum absolute atomic E-state index is 0.455. The van der Waals surface area contributed by atoms with Gasteiger partial charge in [0.2, 0.25) is 5.13 Å². The van der Waals surface area contributed by atoms with Gasteiger partial charge in [0, 0.05) is 4.90 Å². The lowest BCUT2D eigenvalue weighted by Gasteiger charge is -2.18. The summed E-state index contributed by atoms with van der Waals surface area (Å²) in [6.07, 6.45) is 4.09. The molecular weight excluding hydrogens is 378 g/mol. The molecule has 7 heteroatoms. The molecule has 1 aromatic carbocycles. The highest BCUT2D eigenvalue weighted by Gasteiger charge is 2.17. The molecule has 1 heterocycles. The second kappa shape index (κ2) is 11.3. The van der Waals surface area contributed by atoms with Crippen LogP contribution in [0.5, 0.6) is 0 Å². The summed E-state index contributed by atoms with van der Waals surface area (Å²) in [7, 11) is 0. The second-order valence-electron chi connectivity index (χ2n) is 7.32. The molecule has 1 amide bonds. The summed E-state index contributed by atoms with van der Waals surface area (Å²) in [4.78, 5) is 12.6. The van der Waals surface area contributed by atoms with Crippen LogP contribution in [-0.4, -0.2) is 28.1 Å². The fourth-order valence-corrected chi connectivity index (χ4v) is 3.03. The first kappa shape index (κ1) is 23.4. The third-order valence-corrected chi connectivity index (χ3v) is 5.07. The van der Waals surface area contributed by atoms with Crippen LogP contribution < -0.4 is 5.32 Å². The van der Waals surface area contributed by atoms with Crippen molar-refractivity contribution < 1.29 is 9.53 Å². The van der Waals surface area contributed by atoms with Crippen molar-refractivity contribution in [2.24, 2.45) is 5.92 Å². The van der Waals surface area contributed by atoms with E-state index in [1.807, 2.05) is 6.92 Å². The van der Waals surface area contributed by atoms with E-state index < -0.39 is 11.7 Å². The summed E-state index contributed by atoms with van der Waals surface area (Å²) in [5, 5.41) is 11.3. The molecule has 2 aromatic rings. The standard InChI is InChI=1S/C12H18S.C8H13N3O2S/c1-4-10(2)9-11-5-7-12(13-3)8-6-11;1-5-10-11-6(14-5)9-7(12)13-8(2,3)4/h5-8,10H,4,9H2,1-3H3;1-4H3,(H,9,11,12). The molecule has 1 atom stereocenters. The predicted molar refractivity (Wildman–Crippen MR) is 116 cm³/mol. The average Bonchev–Trinajstić information content (AvgIpc) is 2.99. The van der Waals surface area contributed by atoms with Gasteiger partial charge in [0.1, 0.15) is 10.6 Å². The van der Waals surface area contributed by atoms with Gasteiger partial charge < -0.3 is 4.74 Å². The van der Waals surface area contributed by atoms with Crippen molar-refractivity contribution in [2.75, 3.05) is 11.6 Å². The fourth-order valence-electron chi connectivity index (χ4n) is 2.05. The van der Waals surface area contributed by atoms with E-state index in [9.17, 15) is 4.79 Å². The molecule has 0 fully saturated rings. The summed E-state index contributed by atoms with van der Waals surface area (Å²) in [5.74, 6) is 0.806. The van der Waals surface area contributed by atoms with Gasteiger partial charge in [-0.05, 0) is 64.0 Å². The van der Waals surface area contributed by atoms with Crippen LogP contribution in [0.3, 0.4) is 0 Å². The number of rotatable bonds is 5. The minimum Gasteiger partial charge on any atom is -0.444 e. The summed E-state index contributed by atoms with van der Waals surface area (Å²) < 4.78 is 5.04. The van der Waals surface area contributed by atoms with Crippen LogP contribution in [0.25, 0.3) is 0 Å². The van der Waals surface area contributed by atoms with Gasteiger partial charge in [-0.1, -0.05) is 43.7 Å². The molecule has 0 aliphatic heterocycles. The Morgan fingerprint density at radius 3 is 2.33 bits per heavy atom. The first-order chi connectivity index (χ1) is 12.6. The Morgan fingerprint density at radius 2 is 1.89 bits per heavy atom. The number of aromatic nitrogens is 2. The molecule has 0 radical (unpaired) electrons. The fraction of sp³-hybridized carbons (Fsp3) is 0.550. The Labute approximate surface area is 171 Å². The van der Waals surface area contributed by atoms with E-state index in [4.69, 9.17) is 4.74 Å². The van der Waals surface area contributed by atoms with Crippen molar-refractivity contribution in [3.05, 3.63) is 34.8 Å². The van der Waals surface area contributed by atoms with E-state index in [2.05, 4.69) is 59.9 Å². The molecule has 1 unspecified atom stereocenters. The van der Waals surface area contributed by atoms with Gasteiger partial charge in [-0.3, -0.25) is 5.32 Å². The number of carbonyl (C=O) groups excluding carboxylic acids is 1. The lowest BCUT2D eigenvalue weighted by Crippen LogP contribution is -2.27. The molecule has 2 rings (SSSR count). The van der Waals surface area contributed by atoms with Crippen molar-refractivity contribution in [1.29, 1.82) is 0 Å². The van der Waals surface area contributed by atoms with Crippen LogP contribution in [-0.2, 0) is 11.2 Å². The van der Waals surface area contributed by atoms with Gasteiger partial charge >= 0.3 is 6.09 Å². The molecule has 0 aliphatic rings. The van der Waals surface area contributed by atoms with Gasteiger partial charge in [0.15, 0.2) is 0 Å². The van der Waals surface area contributed by atoms with Crippen LogP contribution in [0.1, 0.15) is 51.6 Å². The lowest BCUT2D eigenvalue weighted by molar-refractivity contribution is 0.0636. The Kier molecular flexibility index (Phi) is 9.80. The summed E-state index contributed by atoms with van der Waals surface area (Å²) in [6, 6.07) is 8.92. The largest absolute Gasteiger partial charge is 0.444 e.